The van der Waals surface area contributed by atoms with Gasteiger partial charge in [-0.1, -0.05) is 142 Å². The summed E-state index contributed by atoms with van der Waals surface area (Å²) in [4.78, 5) is 35.3. The minimum absolute atomic E-state index is 0.00628. The number of phosphoric ester groups is 1. The Morgan fingerprint density at radius 3 is 1.76 bits per heavy atom. The fraction of sp³-hybridized carbons (Fsp3) is 0.583. The number of carbonyl (C=O) groups is 2. The average molecular weight is 845 g/mol. The summed E-state index contributed by atoms with van der Waals surface area (Å²) in [6.45, 7) is 3.93. The molecular formula is C48H79NO9P+. The van der Waals surface area contributed by atoms with Crippen molar-refractivity contribution in [2.75, 3.05) is 47.5 Å². The van der Waals surface area contributed by atoms with E-state index in [2.05, 4.69) is 86.8 Å². The van der Waals surface area contributed by atoms with Crippen molar-refractivity contribution in [3.63, 3.8) is 0 Å². The van der Waals surface area contributed by atoms with Gasteiger partial charge >= 0.3 is 19.8 Å². The van der Waals surface area contributed by atoms with Crippen LogP contribution in [0.3, 0.4) is 0 Å². The van der Waals surface area contributed by atoms with Crippen LogP contribution >= 0.6 is 7.82 Å². The summed E-state index contributed by atoms with van der Waals surface area (Å²) in [7, 11) is 1.35. The van der Waals surface area contributed by atoms with E-state index < -0.39 is 38.6 Å². The molecule has 0 saturated carbocycles. The average Bonchev–Trinajstić information content (AvgIpc) is 3.18. The highest BCUT2D eigenvalue weighted by Crippen LogP contribution is 2.43. The molecule has 3 atom stereocenters. The number of quaternary nitrogens is 1. The third-order valence-corrected chi connectivity index (χ3v) is 9.38. The van der Waals surface area contributed by atoms with Gasteiger partial charge in [-0.15, -0.1) is 0 Å². The Morgan fingerprint density at radius 1 is 0.610 bits per heavy atom. The molecule has 0 radical (unpaired) electrons. The van der Waals surface area contributed by atoms with Crippen LogP contribution in [0.5, 0.6) is 0 Å². The number of unbranched alkanes of at least 4 members (excludes halogenated alkanes) is 5. The van der Waals surface area contributed by atoms with Crippen LogP contribution in [0.1, 0.15) is 123 Å². The van der Waals surface area contributed by atoms with Gasteiger partial charge in [0.15, 0.2) is 6.10 Å². The maximum atomic E-state index is 12.7. The second kappa shape index (κ2) is 38.8. The lowest BCUT2D eigenvalue weighted by Gasteiger charge is -2.24. The van der Waals surface area contributed by atoms with Gasteiger partial charge in [0.25, 0.3) is 0 Å². The quantitative estimate of drug-likeness (QED) is 0.0157. The van der Waals surface area contributed by atoms with Crippen molar-refractivity contribution in [3.8, 4) is 0 Å². The zero-order valence-electron chi connectivity index (χ0n) is 37.0. The lowest BCUT2D eigenvalue weighted by molar-refractivity contribution is -0.870. The van der Waals surface area contributed by atoms with E-state index >= 15 is 0 Å². The van der Waals surface area contributed by atoms with Gasteiger partial charge in [-0.2, -0.15) is 0 Å². The molecule has 0 saturated heterocycles. The Kier molecular flexibility index (Phi) is 36.6. The van der Waals surface area contributed by atoms with E-state index in [1.165, 1.54) is 0 Å². The molecule has 0 aliphatic heterocycles. The number of phosphoric acid groups is 1. The predicted octanol–water partition coefficient (Wildman–Crippen LogP) is 11.3. The standard InChI is InChI=1S/C48H78NO9P/c1-6-8-10-12-14-16-18-20-21-23-25-27-29-31-35-40-48(52)58-46(44-57-59(53,54)56-42-41-49(3,4)5)43-55-47(51)39-36-32-34-38-45(50)37-33-30-28-26-24-22-19-17-15-13-11-9-7-2/h8-11,14-17,20-22,24,28,30,32-34,37,45-46,50H,6-7,12-13,18-19,23,25-27,29,31,35-36,38-44H2,1-5H3/p+1/b10-8-,11-9-,16-14-,17-15-,21-20-,24-22-,30-28-,34-32-,37-33-/t45?,46-/m1/s1. The number of hydrogen-bond acceptors (Lipinski definition) is 8. The predicted molar refractivity (Wildman–Crippen MR) is 244 cm³/mol. The zero-order valence-corrected chi connectivity index (χ0v) is 37.9. The molecule has 11 heteroatoms. The highest BCUT2D eigenvalue weighted by Gasteiger charge is 2.27. The van der Waals surface area contributed by atoms with Gasteiger partial charge in [0.1, 0.15) is 19.8 Å². The number of nitrogens with zero attached hydrogens (tertiary/aromatic N) is 1. The topological polar surface area (TPSA) is 129 Å². The number of allylic oxidation sites excluding steroid dienone is 16. The Balaban J connectivity index is 4.63. The van der Waals surface area contributed by atoms with Gasteiger partial charge in [-0.25, -0.2) is 4.57 Å². The summed E-state index contributed by atoms with van der Waals surface area (Å²) in [5, 5.41) is 10.2. The van der Waals surface area contributed by atoms with Gasteiger partial charge in [-0.3, -0.25) is 18.6 Å². The van der Waals surface area contributed by atoms with Crippen molar-refractivity contribution < 1.29 is 47.2 Å². The number of aliphatic hydroxyl groups is 1. The highest BCUT2D eigenvalue weighted by atomic mass is 31.2. The Labute approximate surface area is 358 Å². The molecule has 2 N–H and O–H groups in total. The van der Waals surface area contributed by atoms with Crippen molar-refractivity contribution in [2.24, 2.45) is 0 Å². The third kappa shape index (κ3) is 42.6. The summed E-state index contributed by atoms with van der Waals surface area (Å²) in [6, 6.07) is 0. The molecule has 0 aromatic carbocycles. The summed E-state index contributed by atoms with van der Waals surface area (Å²) in [6.07, 6.45) is 48.9. The lowest BCUT2D eigenvalue weighted by atomic mass is 10.1. The van der Waals surface area contributed by atoms with E-state index in [0.717, 1.165) is 77.0 Å². The molecule has 0 amide bonds. The number of rotatable bonds is 37. The molecule has 334 valence electrons. The first-order valence-electron chi connectivity index (χ1n) is 21.7. The Hall–Kier alpha value is -3.37. The zero-order chi connectivity index (χ0) is 43.7. The van der Waals surface area contributed by atoms with Crippen LogP contribution in [0.25, 0.3) is 0 Å². The van der Waals surface area contributed by atoms with Crippen LogP contribution < -0.4 is 0 Å². The largest absolute Gasteiger partial charge is 0.472 e. The van der Waals surface area contributed by atoms with Crippen molar-refractivity contribution in [1.29, 1.82) is 0 Å². The molecule has 0 aromatic heterocycles. The SMILES string of the molecule is CC/C=C\C/C=C\C/C=C\C/C=C\C=C/C(O)C/C=C\CCC(=O)OC[C@H](COP(=O)(O)OCC[N+](C)(C)C)OC(=O)CCCCCCC/C=C\C/C=C\C/C=C\CC. The number of aliphatic hydroxyl groups excluding tert-OH is 1. The molecule has 0 spiro atoms. The Morgan fingerprint density at radius 2 is 1.15 bits per heavy atom. The van der Waals surface area contributed by atoms with E-state index in [9.17, 15) is 24.2 Å². The van der Waals surface area contributed by atoms with Gasteiger partial charge in [0, 0.05) is 12.8 Å². The van der Waals surface area contributed by atoms with E-state index in [4.69, 9.17) is 18.5 Å². The van der Waals surface area contributed by atoms with Crippen LogP contribution in [-0.2, 0) is 32.7 Å². The molecule has 0 aromatic rings. The first kappa shape index (κ1) is 55.6. The molecule has 59 heavy (non-hydrogen) atoms. The molecule has 0 aliphatic carbocycles. The molecule has 0 rings (SSSR count). The van der Waals surface area contributed by atoms with E-state index in [1.807, 2.05) is 39.4 Å². The number of hydrogen-bond donors (Lipinski definition) is 2. The smallest absolute Gasteiger partial charge is 0.462 e. The highest BCUT2D eigenvalue weighted by molar-refractivity contribution is 7.47. The summed E-state index contributed by atoms with van der Waals surface area (Å²) in [5.74, 6) is -1.01. The van der Waals surface area contributed by atoms with Crippen LogP contribution in [0.2, 0.25) is 0 Å². The van der Waals surface area contributed by atoms with E-state index in [1.54, 1.807) is 18.2 Å². The number of esters is 2. The Bertz CT molecular complexity index is 1380. The van der Waals surface area contributed by atoms with Crippen LogP contribution in [0.4, 0.5) is 0 Å². The van der Waals surface area contributed by atoms with Crippen LogP contribution in [0, 0.1) is 0 Å². The molecule has 0 fully saturated rings. The normalized spacial score (nSPS) is 15.2. The second-order valence-electron chi connectivity index (χ2n) is 15.2. The second-order valence-corrected chi connectivity index (χ2v) is 16.6. The van der Waals surface area contributed by atoms with Crippen LogP contribution in [-0.4, -0.2) is 86.1 Å². The number of likely N-dealkylation sites (N-methyl/N-ethyl adjacent to an activating group) is 1. The van der Waals surface area contributed by atoms with Crippen LogP contribution in [0.15, 0.2) is 109 Å². The summed E-state index contributed by atoms with van der Waals surface area (Å²) < 4.78 is 34.1. The summed E-state index contributed by atoms with van der Waals surface area (Å²) >= 11 is 0. The minimum atomic E-state index is -4.43. The fourth-order valence-corrected chi connectivity index (χ4v) is 5.76. The summed E-state index contributed by atoms with van der Waals surface area (Å²) in [5.41, 5.74) is 0. The first-order valence-corrected chi connectivity index (χ1v) is 23.2. The molecule has 2 unspecified atom stereocenters. The lowest BCUT2D eigenvalue weighted by Crippen LogP contribution is -2.37. The van der Waals surface area contributed by atoms with E-state index in [0.29, 0.717) is 30.3 Å². The molecule has 0 bridgehead atoms. The third-order valence-electron chi connectivity index (χ3n) is 8.39. The molecule has 10 nitrogen and oxygen atoms in total. The van der Waals surface area contributed by atoms with Gasteiger partial charge in [0.2, 0.25) is 0 Å². The number of ether oxygens (including phenoxy) is 2. The van der Waals surface area contributed by atoms with Crippen molar-refractivity contribution in [1.82, 2.24) is 0 Å². The van der Waals surface area contributed by atoms with Gasteiger partial charge in [0.05, 0.1) is 33.9 Å². The van der Waals surface area contributed by atoms with Crippen molar-refractivity contribution in [2.45, 2.75) is 135 Å². The van der Waals surface area contributed by atoms with Crippen molar-refractivity contribution >= 4 is 19.8 Å². The van der Waals surface area contributed by atoms with E-state index in [-0.39, 0.29) is 26.1 Å². The van der Waals surface area contributed by atoms with Crippen molar-refractivity contribution in [3.05, 3.63) is 109 Å². The first-order chi connectivity index (χ1) is 28.4. The number of carbonyl (C=O) groups excluding carboxylic acids is 2. The molecule has 0 heterocycles. The maximum absolute atomic E-state index is 12.7. The fourth-order valence-electron chi connectivity index (χ4n) is 5.02. The monoisotopic (exact) mass is 845 g/mol. The maximum Gasteiger partial charge on any atom is 0.472 e. The molecular weight excluding hydrogens is 765 g/mol. The van der Waals surface area contributed by atoms with Gasteiger partial charge in [-0.05, 0) is 77.0 Å². The van der Waals surface area contributed by atoms with Gasteiger partial charge < -0.3 is 24.0 Å². The molecule has 0 aliphatic rings. The minimum Gasteiger partial charge on any atom is -0.462 e.